The quantitative estimate of drug-likeness (QED) is 0.511. The highest BCUT2D eigenvalue weighted by Gasteiger charge is 2.30. The number of hydrogen-bond acceptors (Lipinski definition) is 5. The van der Waals surface area contributed by atoms with Crippen LogP contribution in [-0.2, 0) is 9.59 Å². The van der Waals surface area contributed by atoms with E-state index in [1.807, 2.05) is 23.6 Å². The Hall–Kier alpha value is -3.85. The van der Waals surface area contributed by atoms with Crippen LogP contribution in [0.25, 0.3) is 11.0 Å². The number of imidazole rings is 1. The molecule has 0 unspecified atom stereocenters. The standard InChI is InChI=1S/C26H26ClN5O4/c1-3-21(34)31-10-5-4-9-17(13-31)32-24-18(12-19-23(22(24)27)29-20(33)14-36-19)28-26(32)30-25(35)16-8-6-7-15(2)11-16/h3,6-8,11-12,17H,1,4-5,9-10,13-14H2,2H3,(H,29,33)(H,28,30,35)/t17-/m1/s1. The number of anilines is 2. The fourth-order valence-corrected chi connectivity index (χ4v) is 5.13. The SMILES string of the molecule is C=CC(=O)N1CCCC[C@@H](n2c(NC(=O)c3cccc(C)c3)nc3cc4c(c(Cl)c32)NC(=O)CO4)C1. The van der Waals surface area contributed by atoms with Crippen LogP contribution in [0.2, 0.25) is 5.02 Å². The highest BCUT2D eigenvalue weighted by atomic mass is 35.5. The topological polar surface area (TPSA) is 106 Å². The number of carbonyl (C=O) groups excluding carboxylic acids is 3. The third-order valence-corrected chi connectivity index (χ3v) is 6.87. The summed E-state index contributed by atoms with van der Waals surface area (Å²) in [4.78, 5) is 44.2. The summed E-state index contributed by atoms with van der Waals surface area (Å²) < 4.78 is 7.44. The van der Waals surface area contributed by atoms with Crippen molar-refractivity contribution in [3.63, 3.8) is 0 Å². The molecule has 9 nitrogen and oxygen atoms in total. The van der Waals surface area contributed by atoms with Crippen molar-refractivity contribution in [2.75, 3.05) is 30.3 Å². The third kappa shape index (κ3) is 4.42. The van der Waals surface area contributed by atoms with Gasteiger partial charge in [-0.1, -0.05) is 35.9 Å². The van der Waals surface area contributed by atoms with E-state index >= 15 is 0 Å². The maximum atomic E-state index is 13.2. The minimum absolute atomic E-state index is 0.117. The average Bonchev–Trinajstić information content (AvgIpc) is 3.04. The zero-order valence-electron chi connectivity index (χ0n) is 19.8. The molecule has 3 aromatic rings. The smallest absolute Gasteiger partial charge is 0.262 e. The Balaban J connectivity index is 1.64. The first-order valence-corrected chi connectivity index (χ1v) is 12.2. The molecular formula is C26H26ClN5O4. The summed E-state index contributed by atoms with van der Waals surface area (Å²) in [6, 6.07) is 8.76. The molecule has 1 aromatic heterocycles. The van der Waals surface area contributed by atoms with E-state index in [4.69, 9.17) is 21.3 Å². The Morgan fingerprint density at radius 1 is 1.31 bits per heavy atom. The molecule has 2 aliphatic heterocycles. The molecule has 2 aliphatic rings. The predicted octanol–water partition coefficient (Wildman–Crippen LogP) is 4.32. The van der Waals surface area contributed by atoms with Gasteiger partial charge in [0.25, 0.3) is 11.8 Å². The molecule has 2 N–H and O–H groups in total. The summed E-state index contributed by atoms with van der Waals surface area (Å²) in [5.41, 5.74) is 2.89. The van der Waals surface area contributed by atoms with Gasteiger partial charge in [0, 0.05) is 24.7 Å². The summed E-state index contributed by atoms with van der Waals surface area (Å²) in [6.45, 7) is 6.45. The van der Waals surface area contributed by atoms with Crippen molar-refractivity contribution in [1.29, 1.82) is 0 Å². The van der Waals surface area contributed by atoms with Crippen LogP contribution in [0, 0.1) is 6.92 Å². The van der Waals surface area contributed by atoms with Crippen LogP contribution in [0.5, 0.6) is 5.75 Å². The van der Waals surface area contributed by atoms with Gasteiger partial charge in [0.2, 0.25) is 11.9 Å². The Morgan fingerprint density at radius 3 is 2.92 bits per heavy atom. The minimum Gasteiger partial charge on any atom is -0.481 e. The van der Waals surface area contributed by atoms with Gasteiger partial charge in [-0.3, -0.25) is 19.7 Å². The molecule has 36 heavy (non-hydrogen) atoms. The Labute approximate surface area is 213 Å². The molecule has 2 aromatic carbocycles. The van der Waals surface area contributed by atoms with Crippen molar-refractivity contribution in [2.24, 2.45) is 0 Å². The number of likely N-dealkylation sites (tertiary alicyclic amines) is 1. The maximum Gasteiger partial charge on any atom is 0.262 e. The van der Waals surface area contributed by atoms with E-state index in [0.29, 0.717) is 47.1 Å². The Bertz CT molecular complexity index is 1400. The highest BCUT2D eigenvalue weighted by molar-refractivity contribution is 6.39. The van der Waals surface area contributed by atoms with Crippen LogP contribution in [0.3, 0.4) is 0 Å². The lowest BCUT2D eigenvalue weighted by Crippen LogP contribution is -2.34. The number of rotatable bonds is 4. The maximum absolute atomic E-state index is 13.2. The number of ether oxygens (including phenoxy) is 1. The minimum atomic E-state index is -0.312. The first-order chi connectivity index (χ1) is 17.4. The number of nitrogens with zero attached hydrogens (tertiary/aromatic N) is 3. The summed E-state index contributed by atoms with van der Waals surface area (Å²) in [5.74, 6) is -0.0447. The molecule has 10 heteroatoms. The third-order valence-electron chi connectivity index (χ3n) is 6.51. The second kappa shape index (κ2) is 9.66. The highest BCUT2D eigenvalue weighted by Crippen LogP contribution is 2.43. The molecular weight excluding hydrogens is 482 g/mol. The normalized spacial score (nSPS) is 17.6. The van der Waals surface area contributed by atoms with E-state index in [2.05, 4.69) is 17.2 Å². The molecule has 0 radical (unpaired) electrons. The van der Waals surface area contributed by atoms with E-state index in [9.17, 15) is 14.4 Å². The van der Waals surface area contributed by atoms with Crippen molar-refractivity contribution in [2.45, 2.75) is 32.2 Å². The fraction of sp³-hybridized carbons (Fsp3) is 0.308. The molecule has 0 spiro atoms. The molecule has 5 rings (SSSR count). The van der Waals surface area contributed by atoms with E-state index in [1.54, 1.807) is 23.1 Å². The van der Waals surface area contributed by atoms with Gasteiger partial charge < -0.3 is 19.5 Å². The van der Waals surface area contributed by atoms with Crippen molar-refractivity contribution >= 4 is 52.0 Å². The van der Waals surface area contributed by atoms with Gasteiger partial charge >= 0.3 is 0 Å². The lowest BCUT2D eigenvalue weighted by molar-refractivity contribution is -0.126. The van der Waals surface area contributed by atoms with Gasteiger partial charge in [0.1, 0.15) is 11.4 Å². The van der Waals surface area contributed by atoms with E-state index in [0.717, 1.165) is 24.8 Å². The number of nitrogens with one attached hydrogen (secondary N) is 2. The first kappa shape index (κ1) is 23.9. The van der Waals surface area contributed by atoms with Crippen LogP contribution in [0.4, 0.5) is 11.6 Å². The van der Waals surface area contributed by atoms with Gasteiger partial charge in [-0.2, -0.15) is 0 Å². The number of fused-ring (bicyclic) bond motifs is 2. The van der Waals surface area contributed by atoms with Crippen molar-refractivity contribution < 1.29 is 19.1 Å². The van der Waals surface area contributed by atoms with Crippen molar-refractivity contribution in [3.8, 4) is 5.75 Å². The number of aromatic nitrogens is 2. The predicted molar refractivity (Wildman–Crippen MR) is 138 cm³/mol. The lowest BCUT2D eigenvalue weighted by Gasteiger charge is -2.27. The summed E-state index contributed by atoms with van der Waals surface area (Å²) in [7, 11) is 0. The van der Waals surface area contributed by atoms with Gasteiger partial charge in [-0.15, -0.1) is 0 Å². The van der Waals surface area contributed by atoms with E-state index in [-0.39, 0.29) is 35.4 Å². The van der Waals surface area contributed by atoms with Gasteiger partial charge in [0.05, 0.1) is 22.1 Å². The molecule has 0 saturated carbocycles. The van der Waals surface area contributed by atoms with Gasteiger partial charge in [-0.25, -0.2) is 4.98 Å². The lowest BCUT2D eigenvalue weighted by atomic mass is 10.1. The monoisotopic (exact) mass is 507 g/mol. The molecule has 1 fully saturated rings. The molecule has 0 aliphatic carbocycles. The number of amides is 3. The second-order valence-electron chi connectivity index (χ2n) is 9.04. The van der Waals surface area contributed by atoms with Crippen molar-refractivity contribution in [1.82, 2.24) is 14.5 Å². The van der Waals surface area contributed by atoms with Gasteiger partial charge in [-0.05, 0) is 44.4 Å². The zero-order valence-corrected chi connectivity index (χ0v) is 20.6. The largest absolute Gasteiger partial charge is 0.481 e. The number of hydrogen-bond donors (Lipinski definition) is 2. The number of aryl methyl sites for hydroxylation is 1. The number of benzene rings is 2. The molecule has 3 amide bonds. The first-order valence-electron chi connectivity index (χ1n) is 11.8. The number of carbonyl (C=O) groups is 3. The Kier molecular flexibility index (Phi) is 6.40. The van der Waals surface area contributed by atoms with Gasteiger partial charge in [0.15, 0.2) is 6.61 Å². The van der Waals surface area contributed by atoms with E-state index < -0.39 is 0 Å². The second-order valence-corrected chi connectivity index (χ2v) is 9.41. The molecule has 3 heterocycles. The summed E-state index contributed by atoms with van der Waals surface area (Å²) >= 11 is 6.84. The van der Waals surface area contributed by atoms with E-state index in [1.165, 1.54) is 6.08 Å². The Morgan fingerprint density at radius 2 is 2.14 bits per heavy atom. The van der Waals surface area contributed by atoms with Crippen LogP contribution in [0.1, 0.15) is 41.2 Å². The van der Waals surface area contributed by atoms with Crippen LogP contribution < -0.4 is 15.4 Å². The molecule has 1 saturated heterocycles. The van der Waals surface area contributed by atoms with Crippen LogP contribution in [-0.4, -0.2) is 51.9 Å². The van der Waals surface area contributed by atoms with Crippen molar-refractivity contribution in [3.05, 3.63) is 59.1 Å². The average molecular weight is 508 g/mol. The fourth-order valence-electron chi connectivity index (χ4n) is 4.80. The molecule has 1 atom stereocenters. The molecule has 186 valence electrons. The summed E-state index contributed by atoms with van der Waals surface area (Å²) in [5, 5.41) is 6.00. The van der Waals surface area contributed by atoms with Crippen LogP contribution in [0.15, 0.2) is 43.0 Å². The number of halogens is 1. The molecule has 0 bridgehead atoms. The zero-order chi connectivity index (χ0) is 25.4. The summed E-state index contributed by atoms with van der Waals surface area (Å²) in [6.07, 6.45) is 3.78. The van der Waals surface area contributed by atoms with Crippen LogP contribution >= 0.6 is 11.6 Å².